The molecule has 0 aliphatic carbocycles. The van der Waals surface area contributed by atoms with Crippen LogP contribution in [-0.2, 0) is 6.54 Å². The second-order valence-electron chi connectivity index (χ2n) is 4.07. The number of aromatic nitrogens is 3. The Bertz CT molecular complexity index is 769. The number of halogens is 1. The Morgan fingerprint density at radius 2 is 2.39 bits per heavy atom. The van der Waals surface area contributed by atoms with Gasteiger partial charge in [-0.1, -0.05) is 11.6 Å². The van der Waals surface area contributed by atoms with E-state index in [0.29, 0.717) is 9.79 Å². The van der Waals surface area contributed by atoms with Crippen molar-refractivity contribution in [3.8, 4) is 0 Å². The lowest BCUT2D eigenvalue weighted by atomic mass is 10.3. The van der Waals surface area contributed by atoms with E-state index < -0.39 is 0 Å². The topological polar surface area (TPSA) is 33.6 Å². The van der Waals surface area contributed by atoms with Crippen molar-refractivity contribution in [2.24, 2.45) is 0 Å². The maximum atomic E-state index is 5.92. The molecule has 0 atom stereocenters. The number of fused-ring (bicyclic) bond motifs is 1. The van der Waals surface area contributed by atoms with Gasteiger partial charge in [0.2, 0.25) is 0 Å². The van der Waals surface area contributed by atoms with Crippen LogP contribution in [0.3, 0.4) is 0 Å². The number of imidazole rings is 1. The van der Waals surface area contributed by atoms with Crippen molar-refractivity contribution in [2.45, 2.75) is 13.5 Å². The van der Waals surface area contributed by atoms with E-state index in [1.54, 1.807) is 17.5 Å². The van der Waals surface area contributed by atoms with Crippen molar-refractivity contribution in [1.29, 1.82) is 0 Å². The van der Waals surface area contributed by atoms with Crippen LogP contribution in [0.1, 0.15) is 10.4 Å². The number of thiophene rings is 1. The molecule has 0 aliphatic rings. The van der Waals surface area contributed by atoms with Crippen LogP contribution in [0.4, 0.5) is 0 Å². The first-order valence-corrected chi connectivity index (χ1v) is 7.09. The summed E-state index contributed by atoms with van der Waals surface area (Å²) in [5.41, 5.74) is 3.00. The third kappa shape index (κ3) is 1.98. The molecule has 18 heavy (non-hydrogen) atoms. The van der Waals surface area contributed by atoms with Gasteiger partial charge in [0, 0.05) is 11.1 Å². The molecule has 0 unspecified atom stereocenters. The Kier molecular flexibility index (Phi) is 2.97. The second-order valence-corrected chi connectivity index (χ2v) is 5.89. The molecule has 6 heteroatoms. The van der Waals surface area contributed by atoms with Crippen LogP contribution in [-0.4, -0.2) is 14.5 Å². The fraction of sp³-hybridized carbons (Fsp3) is 0.167. The van der Waals surface area contributed by atoms with Gasteiger partial charge in [0.25, 0.3) is 0 Å². The summed E-state index contributed by atoms with van der Waals surface area (Å²) in [6, 6.07) is 3.96. The number of aryl methyl sites for hydroxylation is 1. The van der Waals surface area contributed by atoms with Gasteiger partial charge in [-0.2, -0.15) is 0 Å². The van der Waals surface area contributed by atoms with Crippen molar-refractivity contribution in [2.75, 3.05) is 0 Å². The van der Waals surface area contributed by atoms with Gasteiger partial charge in [0.1, 0.15) is 0 Å². The maximum absolute atomic E-state index is 5.92. The average Bonchev–Trinajstić information content (AvgIpc) is 2.85. The van der Waals surface area contributed by atoms with Gasteiger partial charge < -0.3 is 4.98 Å². The fourth-order valence-electron chi connectivity index (χ4n) is 1.87. The SMILES string of the molecule is Cc1ccsc1Cn1c(=S)[nH]c2cc(Cl)cnc21. The van der Waals surface area contributed by atoms with Crippen molar-refractivity contribution in [1.82, 2.24) is 14.5 Å². The highest BCUT2D eigenvalue weighted by Crippen LogP contribution is 2.21. The Labute approximate surface area is 118 Å². The van der Waals surface area contributed by atoms with E-state index in [0.717, 1.165) is 17.7 Å². The first kappa shape index (κ1) is 11.9. The van der Waals surface area contributed by atoms with Gasteiger partial charge >= 0.3 is 0 Å². The highest BCUT2D eigenvalue weighted by atomic mass is 35.5. The molecule has 3 heterocycles. The van der Waals surface area contributed by atoms with Gasteiger partial charge in [0.15, 0.2) is 10.4 Å². The number of rotatable bonds is 2. The first-order valence-electron chi connectivity index (χ1n) is 5.42. The van der Waals surface area contributed by atoms with Gasteiger partial charge in [-0.05, 0) is 42.2 Å². The van der Waals surface area contributed by atoms with Crippen molar-refractivity contribution < 1.29 is 0 Å². The summed E-state index contributed by atoms with van der Waals surface area (Å²) in [4.78, 5) is 8.78. The average molecular weight is 296 g/mol. The zero-order chi connectivity index (χ0) is 12.7. The maximum Gasteiger partial charge on any atom is 0.179 e. The molecule has 3 aromatic rings. The molecular formula is C12H10ClN3S2. The van der Waals surface area contributed by atoms with Crippen LogP contribution < -0.4 is 0 Å². The van der Waals surface area contributed by atoms with Gasteiger partial charge in [-0.15, -0.1) is 11.3 Å². The van der Waals surface area contributed by atoms with Crippen LogP contribution >= 0.6 is 35.2 Å². The van der Waals surface area contributed by atoms with Crippen LogP contribution in [0.5, 0.6) is 0 Å². The molecule has 3 nitrogen and oxygen atoms in total. The quantitative estimate of drug-likeness (QED) is 0.720. The van der Waals surface area contributed by atoms with Gasteiger partial charge in [0.05, 0.1) is 17.1 Å². The predicted molar refractivity (Wildman–Crippen MR) is 78.1 cm³/mol. The number of hydrogen-bond acceptors (Lipinski definition) is 3. The van der Waals surface area contributed by atoms with E-state index in [4.69, 9.17) is 23.8 Å². The van der Waals surface area contributed by atoms with Crippen LogP contribution in [0, 0.1) is 11.7 Å². The molecule has 3 rings (SSSR count). The van der Waals surface area contributed by atoms with E-state index in [1.807, 2.05) is 10.6 Å². The smallest absolute Gasteiger partial charge is 0.179 e. The molecule has 0 fully saturated rings. The molecule has 1 N–H and O–H groups in total. The summed E-state index contributed by atoms with van der Waals surface area (Å²) in [5, 5.41) is 2.70. The molecule has 0 bridgehead atoms. The summed E-state index contributed by atoms with van der Waals surface area (Å²) in [7, 11) is 0. The standard InChI is InChI=1S/C12H10ClN3S2/c1-7-2-3-18-10(7)6-16-11-9(15-12(16)17)4-8(13)5-14-11/h2-5H,6H2,1H3,(H,15,17). The normalized spacial score (nSPS) is 11.2. The number of H-pyrrole nitrogens is 1. The Morgan fingerprint density at radius 3 is 3.11 bits per heavy atom. The summed E-state index contributed by atoms with van der Waals surface area (Å²) < 4.78 is 2.67. The van der Waals surface area contributed by atoms with E-state index >= 15 is 0 Å². The zero-order valence-electron chi connectivity index (χ0n) is 9.61. The van der Waals surface area contributed by atoms with Gasteiger partial charge in [-0.25, -0.2) is 4.98 Å². The third-order valence-electron chi connectivity index (χ3n) is 2.85. The number of nitrogens with one attached hydrogen (secondary N) is 1. The van der Waals surface area contributed by atoms with Crippen LogP contribution in [0.2, 0.25) is 5.02 Å². The highest BCUT2D eigenvalue weighted by molar-refractivity contribution is 7.71. The molecule has 3 aromatic heterocycles. The lowest BCUT2D eigenvalue weighted by Crippen LogP contribution is -2.00. The summed E-state index contributed by atoms with van der Waals surface area (Å²) >= 11 is 13.0. The minimum Gasteiger partial charge on any atom is -0.329 e. The number of aromatic amines is 1. The van der Waals surface area contributed by atoms with Crippen LogP contribution in [0.25, 0.3) is 11.2 Å². The number of hydrogen-bond donors (Lipinski definition) is 1. The molecule has 0 saturated carbocycles. The van der Waals surface area contributed by atoms with E-state index in [9.17, 15) is 0 Å². The van der Waals surface area contributed by atoms with E-state index in [2.05, 4.69) is 28.3 Å². The Hall–Kier alpha value is -1.17. The lowest BCUT2D eigenvalue weighted by Gasteiger charge is -2.03. The van der Waals surface area contributed by atoms with Crippen LogP contribution in [0.15, 0.2) is 23.7 Å². The monoisotopic (exact) mass is 295 g/mol. The summed E-state index contributed by atoms with van der Waals surface area (Å²) in [6.45, 7) is 2.85. The molecule has 0 aromatic carbocycles. The molecule has 0 amide bonds. The number of pyridine rings is 1. The van der Waals surface area contributed by atoms with Crippen molar-refractivity contribution >= 4 is 46.3 Å². The third-order valence-corrected chi connectivity index (χ3v) is 4.38. The Morgan fingerprint density at radius 1 is 1.56 bits per heavy atom. The highest BCUT2D eigenvalue weighted by Gasteiger charge is 2.08. The first-order chi connectivity index (χ1) is 8.65. The molecule has 0 radical (unpaired) electrons. The summed E-state index contributed by atoms with van der Waals surface area (Å²) in [5.74, 6) is 0. The lowest BCUT2D eigenvalue weighted by molar-refractivity contribution is 0.809. The zero-order valence-corrected chi connectivity index (χ0v) is 12.0. The second kappa shape index (κ2) is 4.50. The molecule has 0 aliphatic heterocycles. The minimum absolute atomic E-state index is 0.609. The fourth-order valence-corrected chi connectivity index (χ4v) is 3.19. The van der Waals surface area contributed by atoms with Gasteiger partial charge in [-0.3, -0.25) is 4.57 Å². The predicted octanol–water partition coefficient (Wildman–Crippen LogP) is 4.17. The van der Waals surface area contributed by atoms with Crippen molar-refractivity contribution in [3.63, 3.8) is 0 Å². The molecule has 0 spiro atoms. The molecule has 92 valence electrons. The summed E-state index contributed by atoms with van der Waals surface area (Å²) in [6.07, 6.45) is 1.64. The minimum atomic E-state index is 0.609. The van der Waals surface area contributed by atoms with Crippen molar-refractivity contribution in [3.05, 3.63) is 43.9 Å². The number of nitrogens with zero attached hydrogens (tertiary/aromatic N) is 2. The van der Waals surface area contributed by atoms with E-state index in [1.165, 1.54) is 10.4 Å². The Balaban J connectivity index is 2.15. The largest absolute Gasteiger partial charge is 0.329 e. The van der Waals surface area contributed by atoms with E-state index in [-0.39, 0.29) is 0 Å². The molecular weight excluding hydrogens is 286 g/mol. The molecule has 0 saturated heterocycles.